The molecule has 1 atom stereocenters. The normalized spacial score (nSPS) is 16.1. The van der Waals surface area contributed by atoms with Gasteiger partial charge < -0.3 is 10.2 Å². The Bertz CT molecular complexity index is 1100. The number of carbonyl (C=O) groups is 2. The fourth-order valence-corrected chi connectivity index (χ4v) is 4.55. The van der Waals surface area contributed by atoms with Crippen molar-refractivity contribution in [1.29, 1.82) is 0 Å². The number of hydrogen-bond donors (Lipinski definition) is 1. The number of nitrogens with zero attached hydrogens (tertiary/aromatic N) is 2. The Hall–Kier alpha value is -2.81. The van der Waals surface area contributed by atoms with Gasteiger partial charge in [-0.25, -0.2) is 4.39 Å². The van der Waals surface area contributed by atoms with Crippen LogP contribution in [-0.2, 0) is 16.1 Å². The maximum Gasteiger partial charge on any atom is 0.256 e. The SMILES string of the molecule is O=C(C[C@H]1C(=O)N(c2ccc(Cl)cc2)C(=S)N1Cc1cccs1)Nc1ccc(F)cc1. The van der Waals surface area contributed by atoms with Crippen molar-refractivity contribution in [1.82, 2.24) is 4.90 Å². The predicted octanol–water partition coefficient (Wildman–Crippen LogP) is 5.07. The fourth-order valence-electron chi connectivity index (χ4n) is 3.33. The minimum Gasteiger partial charge on any atom is -0.331 e. The van der Waals surface area contributed by atoms with Crippen LogP contribution >= 0.6 is 35.2 Å². The lowest BCUT2D eigenvalue weighted by atomic mass is 10.1. The smallest absolute Gasteiger partial charge is 0.256 e. The highest BCUT2D eigenvalue weighted by molar-refractivity contribution is 7.80. The molecule has 1 aliphatic heterocycles. The number of nitrogens with one attached hydrogen (secondary N) is 1. The van der Waals surface area contributed by atoms with Gasteiger partial charge in [-0.2, -0.15) is 0 Å². The van der Waals surface area contributed by atoms with E-state index in [2.05, 4.69) is 5.32 Å². The molecule has 2 heterocycles. The Labute approximate surface area is 193 Å². The van der Waals surface area contributed by atoms with Crippen LogP contribution in [0.4, 0.5) is 15.8 Å². The zero-order valence-electron chi connectivity index (χ0n) is 16.1. The van der Waals surface area contributed by atoms with E-state index in [-0.39, 0.29) is 18.2 Å². The minimum atomic E-state index is -0.759. The van der Waals surface area contributed by atoms with Crippen molar-refractivity contribution < 1.29 is 14.0 Å². The number of carbonyl (C=O) groups excluding carboxylic acids is 2. The largest absolute Gasteiger partial charge is 0.331 e. The third kappa shape index (κ3) is 4.76. The van der Waals surface area contributed by atoms with Crippen molar-refractivity contribution in [3.8, 4) is 0 Å². The second-order valence-corrected chi connectivity index (χ2v) is 8.75. The predicted molar refractivity (Wildman–Crippen MR) is 125 cm³/mol. The molecule has 0 saturated carbocycles. The molecule has 0 spiro atoms. The number of hydrogen-bond acceptors (Lipinski definition) is 4. The molecule has 158 valence electrons. The van der Waals surface area contributed by atoms with Crippen LogP contribution in [-0.4, -0.2) is 27.9 Å². The molecular formula is C22H17ClFN3O2S2. The lowest BCUT2D eigenvalue weighted by molar-refractivity contribution is -0.124. The van der Waals surface area contributed by atoms with Gasteiger partial charge in [0.1, 0.15) is 11.9 Å². The summed E-state index contributed by atoms with van der Waals surface area (Å²) < 4.78 is 13.1. The van der Waals surface area contributed by atoms with Crippen LogP contribution in [0.3, 0.4) is 0 Å². The van der Waals surface area contributed by atoms with Gasteiger partial charge >= 0.3 is 0 Å². The van der Waals surface area contributed by atoms with Crippen LogP contribution in [0.25, 0.3) is 0 Å². The van der Waals surface area contributed by atoms with E-state index in [1.54, 1.807) is 40.5 Å². The summed E-state index contributed by atoms with van der Waals surface area (Å²) in [6.07, 6.45) is -0.0915. The van der Waals surface area contributed by atoms with Gasteiger partial charge in [-0.15, -0.1) is 11.3 Å². The molecular weight excluding hydrogens is 457 g/mol. The first-order valence-electron chi connectivity index (χ1n) is 9.40. The molecule has 0 bridgehead atoms. The van der Waals surface area contributed by atoms with E-state index in [1.807, 2.05) is 17.5 Å². The van der Waals surface area contributed by atoms with Crippen LogP contribution in [0.5, 0.6) is 0 Å². The number of amides is 2. The topological polar surface area (TPSA) is 52.7 Å². The van der Waals surface area contributed by atoms with E-state index in [9.17, 15) is 14.0 Å². The first-order chi connectivity index (χ1) is 14.9. The number of anilines is 2. The number of thiocarbonyl (C=S) groups is 1. The highest BCUT2D eigenvalue weighted by atomic mass is 35.5. The van der Waals surface area contributed by atoms with Crippen molar-refractivity contribution >= 4 is 63.5 Å². The molecule has 1 aliphatic rings. The molecule has 1 saturated heterocycles. The van der Waals surface area contributed by atoms with Gasteiger partial charge in [0.15, 0.2) is 5.11 Å². The first-order valence-corrected chi connectivity index (χ1v) is 11.1. The number of rotatable bonds is 6. The lowest BCUT2D eigenvalue weighted by Crippen LogP contribution is -2.37. The van der Waals surface area contributed by atoms with Gasteiger partial charge in [0.2, 0.25) is 5.91 Å². The Balaban J connectivity index is 1.58. The lowest BCUT2D eigenvalue weighted by Gasteiger charge is -2.23. The molecule has 1 fully saturated rings. The summed E-state index contributed by atoms with van der Waals surface area (Å²) in [7, 11) is 0. The second-order valence-electron chi connectivity index (χ2n) is 6.91. The highest BCUT2D eigenvalue weighted by Crippen LogP contribution is 2.30. The van der Waals surface area contributed by atoms with Crippen molar-refractivity contribution in [3.05, 3.63) is 81.8 Å². The molecule has 1 N–H and O–H groups in total. The number of thiophene rings is 1. The summed E-state index contributed by atoms with van der Waals surface area (Å²) in [5.41, 5.74) is 1.05. The van der Waals surface area contributed by atoms with Gasteiger partial charge in [-0.3, -0.25) is 14.5 Å². The zero-order valence-corrected chi connectivity index (χ0v) is 18.5. The van der Waals surface area contributed by atoms with Crippen molar-refractivity contribution in [2.45, 2.75) is 19.0 Å². The standard InChI is InChI=1S/C22H17ClFN3O2S2/c23-14-3-9-17(10-4-14)27-21(29)19(26(22(27)30)13-18-2-1-11-31-18)12-20(28)25-16-7-5-15(24)6-8-16/h1-11,19H,12-13H2,(H,25,28)/t19-/m0/s1. The van der Waals surface area contributed by atoms with Gasteiger partial charge in [0, 0.05) is 15.6 Å². The molecule has 0 aliphatic carbocycles. The van der Waals surface area contributed by atoms with Gasteiger partial charge in [-0.1, -0.05) is 17.7 Å². The van der Waals surface area contributed by atoms with Gasteiger partial charge in [0.05, 0.1) is 18.7 Å². The van der Waals surface area contributed by atoms with E-state index < -0.39 is 11.9 Å². The van der Waals surface area contributed by atoms with Crippen LogP contribution in [0, 0.1) is 5.82 Å². The Morgan fingerprint density at radius 2 is 1.84 bits per heavy atom. The zero-order chi connectivity index (χ0) is 22.0. The molecule has 31 heavy (non-hydrogen) atoms. The molecule has 1 aromatic heterocycles. The fraction of sp³-hybridized carbons (Fsp3) is 0.136. The van der Waals surface area contributed by atoms with E-state index in [1.165, 1.54) is 29.2 Å². The average Bonchev–Trinajstić information content (AvgIpc) is 3.33. The summed E-state index contributed by atoms with van der Waals surface area (Å²) in [6.45, 7) is 0.417. The van der Waals surface area contributed by atoms with Crippen molar-refractivity contribution in [2.75, 3.05) is 10.2 Å². The molecule has 0 radical (unpaired) electrons. The quantitative estimate of drug-likeness (QED) is 0.508. The van der Waals surface area contributed by atoms with Crippen molar-refractivity contribution in [2.24, 2.45) is 0 Å². The minimum absolute atomic E-state index is 0.0915. The Morgan fingerprint density at radius 1 is 1.13 bits per heavy atom. The van der Waals surface area contributed by atoms with Crippen LogP contribution in [0.15, 0.2) is 66.0 Å². The molecule has 5 nitrogen and oxygen atoms in total. The average molecular weight is 474 g/mol. The molecule has 0 unspecified atom stereocenters. The first kappa shape index (κ1) is 21.4. The van der Waals surface area contributed by atoms with E-state index >= 15 is 0 Å². The summed E-state index contributed by atoms with van der Waals surface area (Å²) >= 11 is 13.2. The molecule has 9 heteroatoms. The van der Waals surface area contributed by atoms with Crippen LogP contribution in [0.1, 0.15) is 11.3 Å². The summed E-state index contributed by atoms with van der Waals surface area (Å²) in [6, 6.07) is 15.4. The summed E-state index contributed by atoms with van der Waals surface area (Å²) in [4.78, 5) is 30.2. The molecule has 2 amide bonds. The highest BCUT2D eigenvalue weighted by Gasteiger charge is 2.44. The molecule has 4 rings (SSSR count). The Kier molecular flexibility index (Phi) is 6.31. The van der Waals surface area contributed by atoms with Crippen LogP contribution < -0.4 is 10.2 Å². The van der Waals surface area contributed by atoms with E-state index in [0.717, 1.165) is 4.88 Å². The maximum absolute atomic E-state index is 13.3. The van der Waals surface area contributed by atoms with Crippen LogP contribution in [0.2, 0.25) is 5.02 Å². The van der Waals surface area contributed by atoms with E-state index in [0.29, 0.717) is 28.1 Å². The Morgan fingerprint density at radius 3 is 2.48 bits per heavy atom. The second kappa shape index (κ2) is 9.13. The summed E-state index contributed by atoms with van der Waals surface area (Å²) in [5, 5.41) is 5.54. The van der Waals surface area contributed by atoms with E-state index in [4.69, 9.17) is 23.8 Å². The monoisotopic (exact) mass is 473 g/mol. The summed E-state index contributed by atoms with van der Waals surface area (Å²) in [5.74, 6) is -1.03. The number of halogens is 2. The number of benzene rings is 2. The van der Waals surface area contributed by atoms with Gasteiger partial charge in [0.25, 0.3) is 5.91 Å². The molecule has 2 aromatic carbocycles. The third-order valence-corrected chi connectivity index (χ3v) is 6.35. The maximum atomic E-state index is 13.3. The third-order valence-electron chi connectivity index (χ3n) is 4.82. The molecule has 3 aromatic rings. The van der Waals surface area contributed by atoms with Crippen molar-refractivity contribution in [3.63, 3.8) is 0 Å². The van der Waals surface area contributed by atoms with Gasteiger partial charge in [-0.05, 0) is 72.2 Å².